The summed E-state index contributed by atoms with van der Waals surface area (Å²) in [4.78, 5) is 17.8. The molecular weight excluding hydrogens is 254 g/mol. The molecule has 1 aromatic heterocycles. The topological polar surface area (TPSA) is 83.3 Å². The highest BCUT2D eigenvalue weighted by Crippen LogP contribution is 2.18. The Balaban J connectivity index is 2.65. The minimum absolute atomic E-state index is 0.207. The van der Waals surface area contributed by atoms with Crippen LogP contribution in [0.1, 0.15) is 17.3 Å². The molecule has 0 aliphatic carbocycles. The summed E-state index contributed by atoms with van der Waals surface area (Å²) >= 11 is 5.89. The van der Waals surface area contributed by atoms with Gasteiger partial charge in [-0.3, -0.25) is 4.79 Å². The smallest absolute Gasteiger partial charge is 0.252 e. The van der Waals surface area contributed by atoms with E-state index in [1.54, 1.807) is 0 Å². The van der Waals surface area contributed by atoms with E-state index in [9.17, 15) is 4.79 Å². The van der Waals surface area contributed by atoms with Gasteiger partial charge in [-0.1, -0.05) is 11.6 Å². The molecule has 1 aromatic rings. The van der Waals surface area contributed by atoms with E-state index in [0.717, 1.165) is 0 Å². The molecule has 0 bridgehead atoms. The highest BCUT2D eigenvalue weighted by Gasteiger charge is 2.11. The Morgan fingerprint density at radius 1 is 1.61 bits per heavy atom. The number of rotatable bonds is 5. The molecule has 1 heterocycles. The third-order valence-electron chi connectivity index (χ3n) is 2.68. The molecule has 1 amide bonds. The van der Waals surface area contributed by atoms with Crippen molar-refractivity contribution in [1.29, 1.82) is 0 Å². The molecule has 0 aromatic carbocycles. The fraction of sp³-hybridized carbons (Fsp3) is 0.455. The van der Waals surface area contributed by atoms with Gasteiger partial charge in [0.25, 0.3) is 5.91 Å². The lowest BCUT2D eigenvalue weighted by Crippen LogP contribution is -2.38. The number of hydrazine groups is 1. The average Bonchev–Trinajstić information content (AvgIpc) is 2.35. The maximum absolute atomic E-state index is 11.8. The van der Waals surface area contributed by atoms with Crippen LogP contribution in [0.4, 0.5) is 5.82 Å². The number of nitrogens with two attached hydrogens (primary N) is 1. The number of halogens is 1. The number of amides is 1. The van der Waals surface area contributed by atoms with Crippen molar-refractivity contribution in [2.45, 2.75) is 13.0 Å². The van der Waals surface area contributed by atoms with Crippen LogP contribution in [0, 0.1) is 0 Å². The molecule has 6 nitrogen and oxygen atoms in total. The van der Waals surface area contributed by atoms with Gasteiger partial charge < -0.3 is 15.6 Å². The molecule has 18 heavy (non-hydrogen) atoms. The molecule has 0 aliphatic rings. The predicted molar refractivity (Wildman–Crippen MR) is 72.5 cm³/mol. The van der Waals surface area contributed by atoms with E-state index in [1.165, 1.54) is 12.3 Å². The number of aromatic nitrogens is 1. The van der Waals surface area contributed by atoms with Crippen molar-refractivity contribution in [2.24, 2.45) is 5.84 Å². The number of hydrogen-bond acceptors (Lipinski definition) is 5. The molecule has 0 fully saturated rings. The molecule has 100 valence electrons. The van der Waals surface area contributed by atoms with E-state index < -0.39 is 0 Å². The highest BCUT2D eigenvalue weighted by atomic mass is 35.5. The number of nitrogens with one attached hydrogen (secondary N) is 2. The van der Waals surface area contributed by atoms with Gasteiger partial charge in [0.2, 0.25) is 0 Å². The second kappa shape index (κ2) is 6.53. The maximum Gasteiger partial charge on any atom is 0.252 e. The first-order valence-electron chi connectivity index (χ1n) is 5.52. The second-order valence-corrected chi connectivity index (χ2v) is 4.63. The Bertz CT molecular complexity index is 424. The first-order valence-corrected chi connectivity index (χ1v) is 5.90. The zero-order valence-corrected chi connectivity index (χ0v) is 11.5. The molecule has 1 unspecified atom stereocenters. The third-order valence-corrected chi connectivity index (χ3v) is 2.97. The van der Waals surface area contributed by atoms with Crippen molar-refractivity contribution in [3.63, 3.8) is 0 Å². The van der Waals surface area contributed by atoms with Gasteiger partial charge in [0.15, 0.2) is 5.82 Å². The van der Waals surface area contributed by atoms with Crippen LogP contribution in [0.25, 0.3) is 0 Å². The number of nitrogen functional groups attached to an aromatic ring is 1. The van der Waals surface area contributed by atoms with Gasteiger partial charge in [-0.25, -0.2) is 10.8 Å². The summed E-state index contributed by atoms with van der Waals surface area (Å²) in [5.74, 6) is 5.34. The lowest BCUT2D eigenvalue weighted by Gasteiger charge is -2.19. The van der Waals surface area contributed by atoms with E-state index in [1.807, 2.05) is 25.9 Å². The molecule has 4 N–H and O–H groups in total. The van der Waals surface area contributed by atoms with Crippen LogP contribution in [0.5, 0.6) is 0 Å². The molecular formula is C11H18ClN5O. The van der Waals surface area contributed by atoms with E-state index in [2.05, 4.69) is 15.7 Å². The minimum Gasteiger partial charge on any atom is -0.350 e. The number of pyridine rings is 1. The molecule has 0 radical (unpaired) electrons. The van der Waals surface area contributed by atoms with E-state index in [4.69, 9.17) is 17.4 Å². The number of likely N-dealkylation sites (N-methyl/N-ethyl adjacent to an activating group) is 1. The summed E-state index contributed by atoms with van der Waals surface area (Å²) in [5, 5.41) is 3.12. The molecule has 0 spiro atoms. The van der Waals surface area contributed by atoms with Gasteiger partial charge in [0, 0.05) is 18.8 Å². The van der Waals surface area contributed by atoms with Crippen molar-refractivity contribution < 1.29 is 4.79 Å². The summed E-state index contributed by atoms with van der Waals surface area (Å²) in [7, 11) is 3.91. The average molecular weight is 272 g/mol. The third kappa shape index (κ3) is 3.83. The minimum atomic E-state index is -0.207. The number of anilines is 1. The fourth-order valence-electron chi connectivity index (χ4n) is 1.19. The Hall–Kier alpha value is -1.37. The SMILES string of the molecule is CC(CNC(=O)c1cnc(NN)c(Cl)c1)N(C)C. The summed E-state index contributed by atoms with van der Waals surface area (Å²) < 4.78 is 0. The van der Waals surface area contributed by atoms with Crippen LogP contribution in [-0.2, 0) is 0 Å². The quantitative estimate of drug-likeness (QED) is 0.542. The van der Waals surface area contributed by atoms with Crippen molar-refractivity contribution in [2.75, 3.05) is 26.1 Å². The predicted octanol–water partition coefficient (Wildman–Crippen LogP) is 0.701. The number of hydrogen-bond donors (Lipinski definition) is 3. The Kier molecular flexibility index (Phi) is 5.33. The summed E-state index contributed by atoms with van der Waals surface area (Å²) in [6, 6.07) is 1.78. The molecule has 0 saturated heterocycles. The number of carbonyl (C=O) groups excluding carboxylic acids is 1. The van der Waals surface area contributed by atoms with Crippen molar-refractivity contribution in [3.05, 3.63) is 22.8 Å². The molecule has 1 rings (SSSR count). The van der Waals surface area contributed by atoms with Gasteiger partial charge in [0.05, 0.1) is 10.6 Å². The zero-order valence-electron chi connectivity index (χ0n) is 10.7. The van der Waals surface area contributed by atoms with Crippen molar-refractivity contribution >= 4 is 23.3 Å². The van der Waals surface area contributed by atoms with Gasteiger partial charge >= 0.3 is 0 Å². The van der Waals surface area contributed by atoms with Crippen LogP contribution in [-0.4, -0.2) is 42.5 Å². The lowest BCUT2D eigenvalue weighted by atomic mass is 10.2. The van der Waals surface area contributed by atoms with Crippen LogP contribution in [0.15, 0.2) is 12.3 Å². The second-order valence-electron chi connectivity index (χ2n) is 4.22. The summed E-state index contributed by atoms with van der Waals surface area (Å²) in [5.41, 5.74) is 2.75. The molecule has 0 saturated carbocycles. The van der Waals surface area contributed by atoms with Gasteiger partial charge in [0.1, 0.15) is 0 Å². The number of nitrogens with zero attached hydrogens (tertiary/aromatic N) is 2. The zero-order chi connectivity index (χ0) is 13.7. The Morgan fingerprint density at radius 3 is 2.78 bits per heavy atom. The van der Waals surface area contributed by atoms with E-state index >= 15 is 0 Å². The largest absolute Gasteiger partial charge is 0.350 e. The van der Waals surface area contributed by atoms with Crippen molar-refractivity contribution in [3.8, 4) is 0 Å². The normalized spacial score (nSPS) is 12.3. The van der Waals surface area contributed by atoms with Crippen LogP contribution >= 0.6 is 11.6 Å². The standard InChI is InChI=1S/C11H18ClN5O/c1-7(17(2)3)5-15-11(18)8-4-9(12)10(16-13)14-6-8/h4,6-7H,5,13H2,1-3H3,(H,14,16)(H,15,18). The van der Waals surface area contributed by atoms with E-state index in [-0.39, 0.29) is 11.9 Å². The Labute approximate surface area is 111 Å². The highest BCUT2D eigenvalue weighted by molar-refractivity contribution is 6.33. The van der Waals surface area contributed by atoms with Crippen molar-refractivity contribution in [1.82, 2.24) is 15.2 Å². The van der Waals surface area contributed by atoms with Gasteiger partial charge in [-0.05, 0) is 27.1 Å². The fourth-order valence-corrected chi connectivity index (χ4v) is 1.41. The lowest BCUT2D eigenvalue weighted by molar-refractivity contribution is 0.0943. The summed E-state index contributed by atoms with van der Waals surface area (Å²) in [6.45, 7) is 2.58. The van der Waals surface area contributed by atoms with Crippen LogP contribution in [0.2, 0.25) is 5.02 Å². The first kappa shape index (κ1) is 14.7. The Morgan fingerprint density at radius 2 is 2.28 bits per heavy atom. The van der Waals surface area contributed by atoms with Gasteiger partial charge in [-0.15, -0.1) is 0 Å². The molecule has 0 aliphatic heterocycles. The molecule has 1 atom stereocenters. The van der Waals surface area contributed by atoms with Gasteiger partial charge in [-0.2, -0.15) is 0 Å². The molecule has 7 heteroatoms. The monoisotopic (exact) mass is 271 g/mol. The van der Waals surface area contributed by atoms with E-state index in [0.29, 0.717) is 22.9 Å². The number of carbonyl (C=O) groups is 1. The maximum atomic E-state index is 11.8. The van der Waals surface area contributed by atoms with Crippen LogP contribution < -0.4 is 16.6 Å². The van der Waals surface area contributed by atoms with Crippen LogP contribution in [0.3, 0.4) is 0 Å². The first-order chi connectivity index (χ1) is 8.45. The summed E-state index contributed by atoms with van der Waals surface area (Å²) in [6.07, 6.45) is 1.43.